The van der Waals surface area contributed by atoms with Crippen LogP contribution in [0.3, 0.4) is 0 Å². The summed E-state index contributed by atoms with van der Waals surface area (Å²) in [7, 11) is 0. The molecule has 0 fully saturated rings. The number of nitro groups is 1. The van der Waals surface area contributed by atoms with Gasteiger partial charge in [-0.3, -0.25) is 10.1 Å². The van der Waals surface area contributed by atoms with Crippen LogP contribution in [0, 0.1) is 33.4 Å². The Hall–Kier alpha value is -1.90. The molecule has 0 spiro atoms. The van der Waals surface area contributed by atoms with Gasteiger partial charge in [0.05, 0.1) is 10.8 Å². The Morgan fingerprint density at radius 1 is 1.22 bits per heavy atom. The molecule has 98 valence electrons. The van der Waals surface area contributed by atoms with E-state index in [2.05, 4.69) is 4.99 Å². The first-order valence-electron chi connectivity index (χ1n) is 4.20. The van der Waals surface area contributed by atoms with Crippen molar-refractivity contribution in [3.8, 4) is 0 Å². The fraction of sp³-hybridized carbons (Fsp3) is 0.125. The lowest BCUT2D eigenvalue weighted by Gasteiger charge is -2.04. The van der Waals surface area contributed by atoms with Gasteiger partial charge in [0.1, 0.15) is 5.84 Å². The summed E-state index contributed by atoms with van der Waals surface area (Å²) in [6, 6.07) is 0. The van der Waals surface area contributed by atoms with Crippen LogP contribution >= 0.6 is 11.6 Å². The number of nitrogens with zero attached hydrogens (tertiary/aromatic N) is 2. The SMILES string of the molecule is NC(CCl)=Nc1c(F)c(F)c(F)c(F)c1[N+](=O)[O-]. The van der Waals surface area contributed by atoms with E-state index in [1.807, 2.05) is 0 Å². The zero-order valence-corrected chi connectivity index (χ0v) is 9.14. The second-order valence-corrected chi connectivity index (χ2v) is 3.21. The summed E-state index contributed by atoms with van der Waals surface area (Å²) in [5.74, 6) is -9.70. The summed E-state index contributed by atoms with van der Waals surface area (Å²) in [5, 5.41) is 10.5. The number of hydrogen-bond acceptors (Lipinski definition) is 3. The summed E-state index contributed by atoms with van der Waals surface area (Å²) < 4.78 is 52.1. The molecule has 0 saturated heterocycles. The zero-order chi connectivity index (χ0) is 14.0. The molecule has 0 radical (unpaired) electrons. The van der Waals surface area contributed by atoms with Crippen LogP contribution in [-0.2, 0) is 0 Å². The van der Waals surface area contributed by atoms with Crippen molar-refractivity contribution in [2.75, 3.05) is 5.88 Å². The van der Waals surface area contributed by atoms with Crippen LogP contribution in [0.4, 0.5) is 28.9 Å². The molecule has 0 unspecified atom stereocenters. The van der Waals surface area contributed by atoms with Gasteiger partial charge in [0, 0.05) is 0 Å². The summed E-state index contributed by atoms with van der Waals surface area (Å²) in [5.41, 5.74) is 2.07. The van der Waals surface area contributed by atoms with Gasteiger partial charge in [-0.2, -0.15) is 4.39 Å². The maximum Gasteiger partial charge on any atom is 0.336 e. The third-order valence-corrected chi connectivity index (χ3v) is 2.07. The Bertz CT molecular complexity index is 550. The van der Waals surface area contributed by atoms with E-state index in [0.29, 0.717) is 0 Å². The van der Waals surface area contributed by atoms with Crippen molar-refractivity contribution >= 4 is 28.8 Å². The van der Waals surface area contributed by atoms with Crippen molar-refractivity contribution in [1.82, 2.24) is 0 Å². The zero-order valence-electron chi connectivity index (χ0n) is 8.39. The number of nitrogens with two attached hydrogens (primary N) is 1. The van der Waals surface area contributed by atoms with Crippen molar-refractivity contribution in [2.24, 2.45) is 10.7 Å². The van der Waals surface area contributed by atoms with Gasteiger partial charge < -0.3 is 5.73 Å². The number of aliphatic imine (C=N–C) groups is 1. The minimum atomic E-state index is -2.30. The van der Waals surface area contributed by atoms with Crippen molar-refractivity contribution < 1.29 is 22.5 Å². The third kappa shape index (κ3) is 2.35. The monoisotopic (exact) mass is 285 g/mol. The quantitative estimate of drug-likeness (QED) is 0.135. The topological polar surface area (TPSA) is 81.5 Å². The fourth-order valence-corrected chi connectivity index (χ4v) is 1.11. The first kappa shape index (κ1) is 14.2. The molecule has 18 heavy (non-hydrogen) atoms. The van der Waals surface area contributed by atoms with Crippen LogP contribution in [0.5, 0.6) is 0 Å². The van der Waals surface area contributed by atoms with Gasteiger partial charge in [0.15, 0.2) is 17.3 Å². The summed E-state index contributed by atoms with van der Waals surface area (Å²) in [6.07, 6.45) is 0. The molecular formula is C8H4ClF4N3O2. The standard InChI is InChI=1S/C8H4ClF4N3O2/c9-1-2(14)15-7-5(12)3(10)4(11)6(13)8(7)16(17)18/h1H2,(H2,14,15). The van der Waals surface area contributed by atoms with Gasteiger partial charge in [0.2, 0.25) is 11.6 Å². The molecule has 1 aromatic rings. The van der Waals surface area contributed by atoms with Crippen molar-refractivity contribution in [3.63, 3.8) is 0 Å². The van der Waals surface area contributed by atoms with E-state index in [9.17, 15) is 27.7 Å². The van der Waals surface area contributed by atoms with Crippen LogP contribution in [0.25, 0.3) is 0 Å². The number of alkyl halides is 1. The number of nitro benzene ring substituents is 1. The highest BCUT2D eigenvalue weighted by molar-refractivity contribution is 6.28. The molecule has 0 heterocycles. The molecule has 0 aromatic heterocycles. The van der Waals surface area contributed by atoms with Crippen LogP contribution < -0.4 is 5.73 Å². The number of hydrogen-bond donors (Lipinski definition) is 1. The van der Waals surface area contributed by atoms with E-state index in [1.54, 1.807) is 0 Å². The smallest absolute Gasteiger partial charge is 0.336 e. The first-order valence-corrected chi connectivity index (χ1v) is 4.74. The van der Waals surface area contributed by atoms with E-state index in [4.69, 9.17) is 17.3 Å². The molecule has 1 rings (SSSR count). The van der Waals surface area contributed by atoms with Crippen LogP contribution in [0.15, 0.2) is 4.99 Å². The van der Waals surface area contributed by atoms with Gasteiger partial charge in [-0.25, -0.2) is 18.2 Å². The Morgan fingerprint density at radius 2 is 1.72 bits per heavy atom. The maximum absolute atomic E-state index is 13.3. The Kier molecular flexibility index (Phi) is 4.07. The second-order valence-electron chi connectivity index (χ2n) is 2.95. The lowest BCUT2D eigenvalue weighted by molar-refractivity contribution is -0.387. The van der Waals surface area contributed by atoms with Crippen molar-refractivity contribution in [2.45, 2.75) is 0 Å². The third-order valence-electron chi connectivity index (χ3n) is 1.79. The molecule has 2 N–H and O–H groups in total. The van der Waals surface area contributed by atoms with Crippen LogP contribution in [0.2, 0.25) is 0 Å². The fourth-order valence-electron chi connectivity index (χ4n) is 1.05. The molecule has 0 bridgehead atoms. The van der Waals surface area contributed by atoms with Crippen molar-refractivity contribution in [1.29, 1.82) is 0 Å². The normalized spacial score (nSPS) is 11.7. The molecule has 0 aliphatic heterocycles. The van der Waals surface area contributed by atoms with E-state index in [0.717, 1.165) is 0 Å². The van der Waals surface area contributed by atoms with E-state index >= 15 is 0 Å². The molecule has 5 nitrogen and oxygen atoms in total. The Balaban J connectivity index is 3.72. The van der Waals surface area contributed by atoms with Gasteiger partial charge >= 0.3 is 5.69 Å². The molecule has 0 amide bonds. The lowest BCUT2D eigenvalue weighted by atomic mass is 10.2. The Labute approximate surface area is 102 Å². The van der Waals surface area contributed by atoms with Gasteiger partial charge in [-0.15, -0.1) is 11.6 Å². The number of benzene rings is 1. The predicted octanol–water partition coefficient (Wildman–Crippen LogP) is 2.38. The van der Waals surface area contributed by atoms with Gasteiger partial charge in [0.25, 0.3) is 0 Å². The molecule has 0 aliphatic carbocycles. The number of halogens is 5. The van der Waals surface area contributed by atoms with Crippen LogP contribution in [-0.4, -0.2) is 16.6 Å². The van der Waals surface area contributed by atoms with Gasteiger partial charge in [-0.05, 0) is 0 Å². The lowest BCUT2D eigenvalue weighted by Crippen LogP contribution is -2.13. The molecule has 0 aliphatic rings. The highest BCUT2D eigenvalue weighted by Gasteiger charge is 2.33. The highest BCUT2D eigenvalue weighted by Crippen LogP contribution is 2.36. The highest BCUT2D eigenvalue weighted by atomic mass is 35.5. The van der Waals surface area contributed by atoms with Gasteiger partial charge in [-0.1, -0.05) is 0 Å². The number of amidine groups is 1. The predicted molar refractivity (Wildman–Crippen MR) is 54.9 cm³/mol. The summed E-state index contributed by atoms with van der Waals surface area (Å²) in [6.45, 7) is 0. The maximum atomic E-state index is 13.3. The molecule has 0 saturated carbocycles. The summed E-state index contributed by atoms with van der Waals surface area (Å²) in [4.78, 5) is 12.1. The van der Waals surface area contributed by atoms with Crippen LogP contribution in [0.1, 0.15) is 0 Å². The van der Waals surface area contributed by atoms with E-state index in [-0.39, 0.29) is 0 Å². The average Bonchev–Trinajstić information content (AvgIpc) is 2.32. The summed E-state index contributed by atoms with van der Waals surface area (Å²) >= 11 is 5.19. The number of rotatable bonds is 3. The average molecular weight is 286 g/mol. The Morgan fingerprint density at radius 3 is 2.17 bits per heavy atom. The second kappa shape index (κ2) is 5.17. The molecule has 10 heteroatoms. The van der Waals surface area contributed by atoms with E-state index in [1.165, 1.54) is 0 Å². The largest absolute Gasteiger partial charge is 0.386 e. The first-order chi connectivity index (χ1) is 8.31. The molecule has 1 aromatic carbocycles. The van der Waals surface area contributed by atoms with E-state index < -0.39 is 51.3 Å². The molecule has 0 atom stereocenters. The van der Waals surface area contributed by atoms with Crippen molar-refractivity contribution in [3.05, 3.63) is 33.4 Å². The molecular weight excluding hydrogens is 282 g/mol. The minimum Gasteiger partial charge on any atom is -0.386 e. The minimum absolute atomic E-state index is 0.461.